The minimum absolute atomic E-state index is 0.192. The first-order chi connectivity index (χ1) is 8.58. The number of carboxylic acids is 1. The second-order valence-electron chi connectivity index (χ2n) is 4.90. The van der Waals surface area contributed by atoms with Crippen molar-refractivity contribution in [3.63, 3.8) is 0 Å². The van der Waals surface area contributed by atoms with Crippen LogP contribution in [-0.4, -0.2) is 37.8 Å². The Balaban J connectivity index is 2.29. The molecule has 0 amide bonds. The lowest BCUT2D eigenvalue weighted by atomic mass is 10.1. The molecule has 4 nitrogen and oxygen atoms in total. The largest absolute Gasteiger partial charge is 0.481 e. The Morgan fingerprint density at radius 1 is 1.33 bits per heavy atom. The summed E-state index contributed by atoms with van der Waals surface area (Å²) in [6.45, 7) is 4.59. The van der Waals surface area contributed by atoms with E-state index in [4.69, 9.17) is 5.11 Å². The van der Waals surface area contributed by atoms with Crippen molar-refractivity contribution in [2.24, 2.45) is 0 Å². The monoisotopic (exact) mass is 248 g/mol. The summed E-state index contributed by atoms with van der Waals surface area (Å²) in [6, 6.07) is 6.39. The van der Waals surface area contributed by atoms with Crippen LogP contribution in [0.5, 0.6) is 0 Å². The molecule has 0 atom stereocenters. The SMILES string of the molecule is Cc1ccc2c(c1)N(CCC(=O)O)CCCN2C. The van der Waals surface area contributed by atoms with Gasteiger partial charge in [-0.2, -0.15) is 0 Å². The molecule has 0 bridgehead atoms. The van der Waals surface area contributed by atoms with Crippen molar-refractivity contribution in [1.29, 1.82) is 0 Å². The minimum atomic E-state index is -0.734. The van der Waals surface area contributed by atoms with E-state index < -0.39 is 5.97 Å². The van der Waals surface area contributed by atoms with E-state index in [2.05, 4.69) is 42.0 Å². The molecule has 1 aromatic carbocycles. The van der Waals surface area contributed by atoms with Gasteiger partial charge >= 0.3 is 5.97 Å². The van der Waals surface area contributed by atoms with Crippen LogP contribution in [0.1, 0.15) is 18.4 Å². The van der Waals surface area contributed by atoms with E-state index in [1.54, 1.807) is 0 Å². The van der Waals surface area contributed by atoms with Gasteiger partial charge < -0.3 is 14.9 Å². The predicted octanol–water partition coefficient (Wildman–Crippen LogP) is 2.12. The minimum Gasteiger partial charge on any atom is -0.481 e. The van der Waals surface area contributed by atoms with Crippen molar-refractivity contribution in [2.45, 2.75) is 19.8 Å². The number of aryl methyl sites for hydroxylation is 1. The van der Waals surface area contributed by atoms with E-state index >= 15 is 0 Å². The van der Waals surface area contributed by atoms with E-state index in [0.717, 1.165) is 25.2 Å². The summed E-state index contributed by atoms with van der Waals surface area (Å²) in [5.41, 5.74) is 3.57. The number of anilines is 2. The van der Waals surface area contributed by atoms with Crippen molar-refractivity contribution < 1.29 is 9.90 Å². The van der Waals surface area contributed by atoms with E-state index in [9.17, 15) is 4.79 Å². The number of fused-ring (bicyclic) bond motifs is 1. The molecule has 0 aliphatic carbocycles. The van der Waals surface area contributed by atoms with Gasteiger partial charge in [0.05, 0.1) is 17.8 Å². The number of carbonyl (C=O) groups is 1. The molecule has 18 heavy (non-hydrogen) atoms. The topological polar surface area (TPSA) is 43.8 Å². The summed E-state index contributed by atoms with van der Waals surface area (Å²) >= 11 is 0. The van der Waals surface area contributed by atoms with Gasteiger partial charge in [-0.1, -0.05) is 6.07 Å². The van der Waals surface area contributed by atoms with Crippen molar-refractivity contribution in [1.82, 2.24) is 0 Å². The molecule has 1 aliphatic rings. The molecule has 0 saturated carbocycles. The summed E-state index contributed by atoms with van der Waals surface area (Å²) in [5.74, 6) is -0.734. The van der Waals surface area contributed by atoms with Gasteiger partial charge in [0.25, 0.3) is 0 Å². The molecule has 0 unspecified atom stereocenters. The van der Waals surface area contributed by atoms with Gasteiger partial charge in [-0.3, -0.25) is 4.79 Å². The Kier molecular flexibility index (Phi) is 3.75. The molecule has 98 valence electrons. The lowest BCUT2D eigenvalue weighted by Gasteiger charge is -2.25. The fourth-order valence-electron chi connectivity index (χ4n) is 2.41. The summed E-state index contributed by atoms with van der Waals surface area (Å²) in [5, 5.41) is 8.83. The first-order valence-corrected chi connectivity index (χ1v) is 6.36. The smallest absolute Gasteiger partial charge is 0.305 e. The van der Waals surface area contributed by atoms with Crippen LogP contribution < -0.4 is 9.80 Å². The fourth-order valence-corrected chi connectivity index (χ4v) is 2.41. The first-order valence-electron chi connectivity index (χ1n) is 6.36. The normalized spacial score (nSPS) is 15.2. The van der Waals surface area contributed by atoms with E-state index in [-0.39, 0.29) is 6.42 Å². The Labute approximate surface area is 108 Å². The summed E-state index contributed by atoms with van der Waals surface area (Å²) in [4.78, 5) is 15.2. The molecule has 0 saturated heterocycles. The highest BCUT2D eigenvalue weighted by Crippen LogP contribution is 2.32. The number of rotatable bonds is 3. The molecule has 0 spiro atoms. The second kappa shape index (κ2) is 5.29. The highest BCUT2D eigenvalue weighted by atomic mass is 16.4. The third-order valence-electron chi connectivity index (χ3n) is 3.40. The number of carboxylic acid groups (broad SMARTS) is 1. The van der Waals surface area contributed by atoms with Crippen LogP contribution in [0.25, 0.3) is 0 Å². The van der Waals surface area contributed by atoms with Gasteiger partial charge in [0.1, 0.15) is 0 Å². The van der Waals surface area contributed by atoms with Gasteiger partial charge in [0.2, 0.25) is 0 Å². The molecular weight excluding hydrogens is 228 g/mol. The van der Waals surface area contributed by atoms with E-state index in [0.29, 0.717) is 6.54 Å². The third-order valence-corrected chi connectivity index (χ3v) is 3.40. The van der Waals surface area contributed by atoms with Gasteiger partial charge in [-0.05, 0) is 31.0 Å². The maximum absolute atomic E-state index is 10.7. The van der Waals surface area contributed by atoms with Crippen molar-refractivity contribution >= 4 is 17.3 Å². The van der Waals surface area contributed by atoms with Gasteiger partial charge in [0, 0.05) is 26.7 Å². The van der Waals surface area contributed by atoms with Gasteiger partial charge in [-0.25, -0.2) is 0 Å². The fraction of sp³-hybridized carbons (Fsp3) is 0.500. The molecule has 1 N–H and O–H groups in total. The zero-order chi connectivity index (χ0) is 13.1. The molecule has 4 heteroatoms. The zero-order valence-electron chi connectivity index (χ0n) is 11.0. The summed E-state index contributed by atoms with van der Waals surface area (Å²) < 4.78 is 0. The van der Waals surface area contributed by atoms with E-state index in [1.807, 2.05) is 0 Å². The first kappa shape index (κ1) is 12.7. The van der Waals surface area contributed by atoms with Gasteiger partial charge in [-0.15, -0.1) is 0 Å². The average Bonchev–Trinajstić information content (AvgIpc) is 2.46. The van der Waals surface area contributed by atoms with Crippen LogP contribution in [0.4, 0.5) is 11.4 Å². The number of hydrogen-bond acceptors (Lipinski definition) is 3. The third kappa shape index (κ3) is 2.75. The number of benzene rings is 1. The molecule has 1 aromatic rings. The zero-order valence-corrected chi connectivity index (χ0v) is 11.0. The molecule has 1 aliphatic heterocycles. The lowest BCUT2D eigenvalue weighted by molar-refractivity contribution is -0.136. The van der Waals surface area contributed by atoms with Crippen LogP contribution in [-0.2, 0) is 4.79 Å². The summed E-state index contributed by atoms with van der Waals surface area (Å²) in [7, 11) is 2.09. The van der Waals surface area contributed by atoms with Crippen molar-refractivity contribution in [3.8, 4) is 0 Å². The molecule has 0 fully saturated rings. The number of nitrogens with zero attached hydrogens (tertiary/aromatic N) is 2. The van der Waals surface area contributed by atoms with Crippen LogP contribution in [0, 0.1) is 6.92 Å². The molecule has 1 heterocycles. The highest BCUT2D eigenvalue weighted by Gasteiger charge is 2.18. The average molecular weight is 248 g/mol. The Morgan fingerprint density at radius 2 is 2.11 bits per heavy atom. The highest BCUT2D eigenvalue weighted by molar-refractivity contribution is 5.74. The maximum Gasteiger partial charge on any atom is 0.305 e. The molecular formula is C14H20N2O2. The quantitative estimate of drug-likeness (QED) is 0.890. The van der Waals surface area contributed by atoms with Crippen LogP contribution in [0.2, 0.25) is 0 Å². The Morgan fingerprint density at radius 3 is 2.83 bits per heavy atom. The second-order valence-corrected chi connectivity index (χ2v) is 4.90. The Bertz CT molecular complexity index is 445. The number of hydrogen-bond donors (Lipinski definition) is 1. The van der Waals surface area contributed by atoms with Crippen LogP contribution in [0.3, 0.4) is 0 Å². The predicted molar refractivity (Wildman–Crippen MR) is 73.5 cm³/mol. The molecule has 0 aromatic heterocycles. The maximum atomic E-state index is 10.7. The standard InChI is InChI=1S/C14H20N2O2/c1-11-4-5-12-13(10-11)16(9-6-14(17)18)8-3-7-15(12)2/h4-5,10H,3,6-9H2,1-2H3,(H,17,18). The summed E-state index contributed by atoms with van der Waals surface area (Å²) in [6.07, 6.45) is 1.25. The lowest BCUT2D eigenvalue weighted by Crippen LogP contribution is -2.26. The number of aliphatic carboxylic acids is 1. The van der Waals surface area contributed by atoms with Crippen LogP contribution in [0.15, 0.2) is 18.2 Å². The van der Waals surface area contributed by atoms with E-state index in [1.165, 1.54) is 11.3 Å². The molecule has 0 radical (unpaired) electrons. The van der Waals surface area contributed by atoms with Gasteiger partial charge in [0.15, 0.2) is 0 Å². The van der Waals surface area contributed by atoms with Crippen molar-refractivity contribution in [2.75, 3.05) is 36.5 Å². The molecule has 2 rings (SSSR count). The Hall–Kier alpha value is -1.71. The van der Waals surface area contributed by atoms with Crippen molar-refractivity contribution in [3.05, 3.63) is 23.8 Å². The van der Waals surface area contributed by atoms with Crippen LogP contribution >= 0.6 is 0 Å².